The Morgan fingerprint density at radius 1 is 1.26 bits per heavy atom. The third-order valence-corrected chi connectivity index (χ3v) is 3.29. The van der Waals surface area contributed by atoms with Gasteiger partial charge < -0.3 is 5.32 Å². The fraction of sp³-hybridized carbons (Fsp3) is 0.0909. The Morgan fingerprint density at radius 3 is 2.74 bits per heavy atom. The molecule has 19 heavy (non-hydrogen) atoms. The van der Waals surface area contributed by atoms with Gasteiger partial charge >= 0.3 is 0 Å². The molecule has 3 aromatic heterocycles. The minimum absolute atomic E-state index is 0.314. The molecule has 0 aliphatic rings. The summed E-state index contributed by atoms with van der Waals surface area (Å²) in [6.07, 6.45) is 5.69. The molecule has 0 bridgehead atoms. The second-order valence-electron chi connectivity index (χ2n) is 3.76. The summed E-state index contributed by atoms with van der Waals surface area (Å²) in [5.74, 6) is -0.158. The predicted molar refractivity (Wildman–Crippen MR) is 69.7 cm³/mol. The van der Waals surface area contributed by atoms with Gasteiger partial charge in [0, 0.05) is 16.6 Å². The molecule has 8 heteroatoms. The van der Waals surface area contributed by atoms with Crippen molar-refractivity contribution < 1.29 is 4.39 Å². The molecule has 96 valence electrons. The number of aromatic amines is 1. The van der Waals surface area contributed by atoms with Crippen LogP contribution in [0.2, 0.25) is 0 Å². The Bertz CT molecular complexity index is 676. The van der Waals surface area contributed by atoms with E-state index in [1.807, 2.05) is 6.92 Å². The van der Waals surface area contributed by atoms with Crippen molar-refractivity contribution in [1.82, 2.24) is 25.1 Å². The van der Waals surface area contributed by atoms with E-state index in [4.69, 9.17) is 0 Å². The molecule has 0 aliphatic carbocycles. The van der Waals surface area contributed by atoms with Crippen LogP contribution in [0.15, 0.2) is 24.8 Å². The third kappa shape index (κ3) is 2.43. The average molecular weight is 276 g/mol. The minimum atomic E-state index is -0.472. The van der Waals surface area contributed by atoms with Gasteiger partial charge in [-0.25, -0.2) is 19.3 Å². The summed E-state index contributed by atoms with van der Waals surface area (Å²) in [5.41, 5.74) is 1.77. The maximum Gasteiger partial charge on any atom is 0.229 e. The Kier molecular flexibility index (Phi) is 2.92. The molecule has 0 amide bonds. The van der Waals surface area contributed by atoms with Crippen LogP contribution in [-0.2, 0) is 0 Å². The molecule has 3 heterocycles. The van der Waals surface area contributed by atoms with Crippen molar-refractivity contribution >= 4 is 22.4 Å². The van der Waals surface area contributed by atoms with Gasteiger partial charge in [-0.15, -0.1) is 11.3 Å². The van der Waals surface area contributed by atoms with Gasteiger partial charge in [-0.1, -0.05) is 0 Å². The number of nitrogens with one attached hydrogen (secondary N) is 2. The van der Waals surface area contributed by atoms with E-state index in [2.05, 4.69) is 30.5 Å². The zero-order valence-electron chi connectivity index (χ0n) is 9.88. The number of aromatic nitrogens is 5. The largest absolute Gasteiger partial charge is 0.300 e. The van der Waals surface area contributed by atoms with Crippen LogP contribution in [0.1, 0.15) is 4.88 Å². The molecule has 0 saturated heterocycles. The Morgan fingerprint density at radius 2 is 2.05 bits per heavy atom. The maximum absolute atomic E-state index is 12.7. The lowest BCUT2D eigenvalue weighted by atomic mass is 10.2. The molecule has 0 fully saturated rings. The molecule has 6 nitrogen and oxygen atoms in total. The highest BCUT2D eigenvalue weighted by Crippen LogP contribution is 2.30. The Hall–Kier alpha value is -2.35. The first-order valence-corrected chi connectivity index (χ1v) is 6.25. The number of anilines is 2. The van der Waals surface area contributed by atoms with E-state index < -0.39 is 5.82 Å². The van der Waals surface area contributed by atoms with Crippen LogP contribution < -0.4 is 5.32 Å². The lowest BCUT2D eigenvalue weighted by molar-refractivity contribution is 0.614. The first-order valence-electron chi connectivity index (χ1n) is 5.43. The lowest BCUT2D eigenvalue weighted by Crippen LogP contribution is -1.96. The van der Waals surface area contributed by atoms with Gasteiger partial charge in [-0.05, 0) is 6.92 Å². The fourth-order valence-corrected chi connectivity index (χ4v) is 2.40. The van der Waals surface area contributed by atoms with Crippen molar-refractivity contribution in [2.24, 2.45) is 0 Å². The van der Waals surface area contributed by atoms with Crippen LogP contribution in [0.5, 0.6) is 0 Å². The van der Waals surface area contributed by atoms with Crippen LogP contribution in [0.4, 0.5) is 15.5 Å². The van der Waals surface area contributed by atoms with E-state index >= 15 is 0 Å². The standard InChI is InChI=1S/C11H9FN6S/c1-6-9(7-2-15-16-3-7)17-11(19-6)18-10-13-4-8(12)5-14-10/h2-5H,1H3,(H,15,16)(H,13,14,17,18). The van der Waals surface area contributed by atoms with E-state index in [1.54, 1.807) is 12.4 Å². The number of thiazole rings is 1. The van der Waals surface area contributed by atoms with Crippen LogP contribution >= 0.6 is 11.3 Å². The van der Waals surface area contributed by atoms with Gasteiger partial charge in [0.2, 0.25) is 5.95 Å². The van der Waals surface area contributed by atoms with Gasteiger partial charge in [-0.3, -0.25) is 5.10 Å². The fourth-order valence-electron chi connectivity index (χ4n) is 1.57. The quantitative estimate of drug-likeness (QED) is 0.768. The minimum Gasteiger partial charge on any atom is -0.300 e. The second-order valence-corrected chi connectivity index (χ2v) is 4.96. The molecule has 3 aromatic rings. The van der Waals surface area contributed by atoms with E-state index in [9.17, 15) is 4.39 Å². The Balaban J connectivity index is 1.87. The highest BCUT2D eigenvalue weighted by Gasteiger charge is 2.11. The zero-order chi connectivity index (χ0) is 13.2. The number of aryl methyl sites for hydroxylation is 1. The highest BCUT2D eigenvalue weighted by atomic mass is 32.1. The van der Waals surface area contributed by atoms with Crippen molar-refractivity contribution in [1.29, 1.82) is 0 Å². The summed E-state index contributed by atoms with van der Waals surface area (Å²) in [7, 11) is 0. The molecule has 3 rings (SSSR count). The van der Waals surface area contributed by atoms with Crippen LogP contribution in [0.25, 0.3) is 11.3 Å². The van der Waals surface area contributed by atoms with Gasteiger partial charge in [0.1, 0.15) is 0 Å². The number of halogens is 1. The molecule has 0 spiro atoms. The van der Waals surface area contributed by atoms with Crippen molar-refractivity contribution in [3.63, 3.8) is 0 Å². The molecular weight excluding hydrogens is 267 g/mol. The van der Waals surface area contributed by atoms with E-state index in [0.29, 0.717) is 11.1 Å². The average Bonchev–Trinajstić information content (AvgIpc) is 3.01. The topological polar surface area (TPSA) is 79.4 Å². The molecule has 0 aliphatic heterocycles. The van der Waals surface area contributed by atoms with Crippen LogP contribution in [0, 0.1) is 12.7 Å². The molecule has 2 N–H and O–H groups in total. The molecule has 0 atom stereocenters. The number of nitrogens with zero attached hydrogens (tertiary/aromatic N) is 4. The highest BCUT2D eigenvalue weighted by molar-refractivity contribution is 7.16. The van der Waals surface area contributed by atoms with Crippen LogP contribution in [0.3, 0.4) is 0 Å². The lowest BCUT2D eigenvalue weighted by Gasteiger charge is -1.98. The number of hydrogen-bond acceptors (Lipinski definition) is 6. The molecular formula is C11H9FN6S. The summed E-state index contributed by atoms with van der Waals surface area (Å²) < 4.78 is 12.7. The summed E-state index contributed by atoms with van der Waals surface area (Å²) >= 11 is 1.47. The number of H-pyrrole nitrogens is 1. The van der Waals surface area contributed by atoms with E-state index in [-0.39, 0.29) is 0 Å². The molecule has 0 saturated carbocycles. The second kappa shape index (κ2) is 4.73. The molecule has 0 unspecified atom stereocenters. The van der Waals surface area contributed by atoms with E-state index in [1.165, 1.54) is 11.3 Å². The molecule has 0 radical (unpaired) electrons. The van der Waals surface area contributed by atoms with E-state index in [0.717, 1.165) is 28.5 Å². The smallest absolute Gasteiger partial charge is 0.229 e. The monoisotopic (exact) mass is 276 g/mol. The van der Waals surface area contributed by atoms with Crippen LogP contribution in [-0.4, -0.2) is 25.1 Å². The van der Waals surface area contributed by atoms with Gasteiger partial charge in [0.05, 0.1) is 24.3 Å². The first kappa shape index (κ1) is 11.7. The summed E-state index contributed by atoms with van der Waals surface area (Å²) in [4.78, 5) is 13.1. The van der Waals surface area contributed by atoms with Crippen molar-refractivity contribution in [3.05, 3.63) is 35.5 Å². The third-order valence-electron chi connectivity index (χ3n) is 2.41. The number of hydrogen-bond donors (Lipinski definition) is 2. The zero-order valence-corrected chi connectivity index (χ0v) is 10.7. The first-order chi connectivity index (χ1) is 9.22. The normalized spacial score (nSPS) is 10.6. The summed E-state index contributed by atoms with van der Waals surface area (Å²) in [5, 5.41) is 10.2. The van der Waals surface area contributed by atoms with Gasteiger partial charge in [0.15, 0.2) is 10.9 Å². The van der Waals surface area contributed by atoms with Crippen molar-refractivity contribution in [2.75, 3.05) is 5.32 Å². The van der Waals surface area contributed by atoms with Gasteiger partial charge in [-0.2, -0.15) is 5.10 Å². The maximum atomic E-state index is 12.7. The van der Waals surface area contributed by atoms with Crippen molar-refractivity contribution in [2.45, 2.75) is 6.92 Å². The molecule has 0 aromatic carbocycles. The SMILES string of the molecule is Cc1sc(Nc2ncc(F)cn2)nc1-c1cn[nH]c1. The summed E-state index contributed by atoms with van der Waals surface area (Å²) in [6, 6.07) is 0. The van der Waals surface area contributed by atoms with Crippen molar-refractivity contribution in [3.8, 4) is 11.3 Å². The van der Waals surface area contributed by atoms with Gasteiger partial charge in [0.25, 0.3) is 0 Å². The Labute approximate surface area is 111 Å². The predicted octanol–water partition coefficient (Wildman–Crippen LogP) is 2.51. The summed E-state index contributed by atoms with van der Waals surface area (Å²) in [6.45, 7) is 1.97. The number of rotatable bonds is 3.